The molecule has 17 heavy (non-hydrogen) atoms. The van der Waals surface area contributed by atoms with Gasteiger partial charge in [0.15, 0.2) is 0 Å². The molecule has 0 amide bonds. The van der Waals surface area contributed by atoms with Gasteiger partial charge in [0.05, 0.1) is 12.0 Å². The molecular formula is C14H17N3. The summed E-state index contributed by atoms with van der Waals surface area (Å²) in [5, 5.41) is 3.18. The van der Waals surface area contributed by atoms with E-state index in [4.69, 9.17) is 0 Å². The van der Waals surface area contributed by atoms with Crippen LogP contribution in [0.4, 0.5) is 0 Å². The van der Waals surface area contributed by atoms with Crippen LogP contribution in [-0.2, 0) is 19.5 Å². The van der Waals surface area contributed by atoms with Crippen molar-refractivity contribution in [2.45, 2.75) is 25.4 Å². The average Bonchev–Trinajstić information content (AvgIpc) is 2.74. The molecule has 0 saturated carbocycles. The largest absolute Gasteiger partial charge is 0.333 e. The lowest BCUT2D eigenvalue weighted by atomic mass is 9.77. The molecule has 1 atom stereocenters. The Hall–Kier alpha value is -1.61. The van der Waals surface area contributed by atoms with Gasteiger partial charge in [-0.15, -0.1) is 0 Å². The smallest absolute Gasteiger partial charge is 0.0948 e. The van der Waals surface area contributed by atoms with Crippen LogP contribution in [0, 0.1) is 0 Å². The fourth-order valence-corrected chi connectivity index (χ4v) is 2.60. The van der Waals surface area contributed by atoms with E-state index in [0.29, 0.717) is 5.92 Å². The maximum atomic E-state index is 4.23. The molecule has 0 spiro atoms. The van der Waals surface area contributed by atoms with Gasteiger partial charge >= 0.3 is 0 Å². The van der Waals surface area contributed by atoms with Crippen LogP contribution in [0.15, 0.2) is 36.8 Å². The molecule has 0 fully saturated rings. The lowest BCUT2D eigenvalue weighted by molar-refractivity contribution is 0.494. The fraction of sp³-hybridized carbons (Fsp3) is 0.357. The standard InChI is InChI=1S/C14H17N3/c1-15-7-13-8-16-10-17(13)9-12-6-11-4-2-3-5-14(11)12/h2-5,8,10,12,15H,6-7,9H2,1H3. The second kappa shape index (κ2) is 4.34. The first-order valence-electron chi connectivity index (χ1n) is 6.10. The molecule has 0 aliphatic heterocycles. The first-order chi connectivity index (χ1) is 8.38. The van der Waals surface area contributed by atoms with Gasteiger partial charge in [0.2, 0.25) is 0 Å². The predicted octanol–water partition coefficient (Wildman–Crippen LogP) is 1.94. The number of aromatic nitrogens is 2. The van der Waals surface area contributed by atoms with Crippen molar-refractivity contribution in [3.05, 3.63) is 53.6 Å². The lowest BCUT2D eigenvalue weighted by Crippen LogP contribution is -2.23. The summed E-state index contributed by atoms with van der Waals surface area (Å²) in [6, 6.07) is 8.73. The highest BCUT2D eigenvalue weighted by Gasteiger charge is 2.25. The lowest BCUT2D eigenvalue weighted by Gasteiger charge is -2.30. The Morgan fingerprint density at radius 2 is 2.29 bits per heavy atom. The molecule has 1 aliphatic rings. The topological polar surface area (TPSA) is 29.9 Å². The molecule has 1 unspecified atom stereocenters. The van der Waals surface area contributed by atoms with Crippen molar-refractivity contribution in [3.8, 4) is 0 Å². The van der Waals surface area contributed by atoms with Crippen molar-refractivity contribution >= 4 is 0 Å². The summed E-state index contributed by atoms with van der Waals surface area (Å²) in [7, 11) is 1.97. The fourth-order valence-electron chi connectivity index (χ4n) is 2.60. The molecule has 3 nitrogen and oxygen atoms in total. The summed E-state index contributed by atoms with van der Waals surface area (Å²) in [6.45, 7) is 1.93. The predicted molar refractivity (Wildman–Crippen MR) is 67.9 cm³/mol. The van der Waals surface area contributed by atoms with Crippen LogP contribution >= 0.6 is 0 Å². The zero-order valence-corrected chi connectivity index (χ0v) is 10.1. The van der Waals surface area contributed by atoms with Crippen molar-refractivity contribution in [2.75, 3.05) is 7.05 Å². The zero-order valence-electron chi connectivity index (χ0n) is 10.1. The Morgan fingerprint density at radius 3 is 3.12 bits per heavy atom. The SMILES string of the molecule is CNCc1cncn1CC1Cc2ccccc21. The van der Waals surface area contributed by atoms with E-state index in [1.807, 2.05) is 19.6 Å². The van der Waals surface area contributed by atoms with Gasteiger partial charge < -0.3 is 9.88 Å². The quantitative estimate of drug-likeness (QED) is 0.865. The minimum Gasteiger partial charge on any atom is -0.333 e. The number of benzene rings is 1. The third kappa shape index (κ3) is 1.87. The van der Waals surface area contributed by atoms with Crippen LogP contribution in [0.2, 0.25) is 0 Å². The minimum atomic E-state index is 0.663. The molecule has 2 aromatic rings. The van der Waals surface area contributed by atoms with E-state index in [9.17, 15) is 0 Å². The number of hydrogen-bond acceptors (Lipinski definition) is 2. The zero-order chi connectivity index (χ0) is 11.7. The van der Waals surface area contributed by atoms with Gasteiger partial charge in [-0.2, -0.15) is 0 Å². The van der Waals surface area contributed by atoms with Crippen molar-refractivity contribution in [1.82, 2.24) is 14.9 Å². The normalized spacial score (nSPS) is 17.6. The molecule has 1 N–H and O–H groups in total. The Balaban J connectivity index is 1.75. The highest BCUT2D eigenvalue weighted by Crippen LogP contribution is 2.36. The average molecular weight is 227 g/mol. The summed E-state index contributed by atoms with van der Waals surface area (Å²) >= 11 is 0. The van der Waals surface area contributed by atoms with Gasteiger partial charge in [-0.25, -0.2) is 4.98 Å². The number of nitrogens with one attached hydrogen (secondary N) is 1. The van der Waals surface area contributed by atoms with Crippen molar-refractivity contribution in [2.24, 2.45) is 0 Å². The van der Waals surface area contributed by atoms with Crippen LogP contribution in [0.25, 0.3) is 0 Å². The third-order valence-electron chi connectivity index (χ3n) is 3.53. The van der Waals surface area contributed by atoms with E-state index in [1.165, 1.54) is 23.2 Å². The summed E-state index contributed by atoms with van der Waals surface area (Å²) in [5.41, 5.74) is 4.28. The van der Waals surface area contributed by atoms with E-state index in [-0.39, 0.29) is 0 Å². The third-order valence-corrected chi connectivity index (χ3v) is 3.53. The summed E-state index contributed by atoms with van der Waals surface area (Å²) in [4.78, 5) is 4.23. The number of imidazole rings is 1. The Bertz CT molecular complexity index is 516. The molecule has 0 saturated heterocycles. The second-order valence-electron chi connectivity index (χ2n) is 4.67. The monoisotopic (exact) mass is 227 g/mol. The van der Waals surface area contributed by atoms with Gasteiger partial charge in [-0.1, -0.05) is 24.3 Å². The van der Waals surface area contributed by atoms with Gasteiger partial charge in [-0.05, 0) is 24.6 Å². The van der Waals surface area contributed by atoms with Gasteiger partial charge in [0.1, 0.15) is 0 Å². The molecule has 1 aliphatic carbocycles. The van der Waals surface area contributed by atoms with Gasteiger partial charge in [0.25, 0.3) is 0 Å². The molecule has 1 aromatic heterocycles. The molecule has 0 radical (unpaired) electrons. The second-order valence-corrected chi connectivity index (χ2v) is 4.67. The Kier molecular flexibility index (Phi) is 2.69. The summed E-state index contributed by atoms with van der Waals surface area (Å²) in [5.74, 6) is 0.663. The molecule has 3 rings (SSSR count). The minimum absolute atomic E-state index is 0.663. The van der Waals surface area contributed by atoms with E-state index in [2.05, 4.69) is 39.1 Å². The molecule has 0 bridgehead atoms. The molecule has 88 valence electrons. The summed E-state index contributed by atoms with van der Waals surface area (Å²) < 4.78 is 2.26. The number of nitrogens with zero attached hydrogens (tertiary/aromatic N) is 2. The van der Waals surface area contributed by atoms with Crippen molar-refractivity contribution < 1.29 is 0 Å². The molecule has 3 heteroatoms. The van der Waals surface area contributed by atoms with Crippen LogP contribution in [0.5, 0.6) is 0 Å². The van der Waals surface area contributed by atoms with Crippen molar-refractivity contribution in [1.29, 1.82) is 0 Å². The molecule has 1 heterocycles. The number of hydrogen-bond donors (Lipinski definition) is 1. The van der Waals surface area contributed by atoms with E-state index >= 15 is 0 Å². The first-order valence-corrected chi connectivity index (χ1v) is 6.10. The molecule has 1 aromatic carbocycles. The van der Waals surface area contributed by atoms with E-state index in [0.717, 1.165) is 13.1 Å². The van der Waals surface area contributed by atoms with Crippen LogP contribution in [0.3, 0.4) is 0 Å². The van der Waals surface area contributed by atoms with Gasteiger partial charge in [0, 0.05) is 25.2 Å². The maximum Gasteiger partial charge on any atom is 0.0948 e. The number of fused-ring (bicyclic) bond motifs is 1. The van der Waals surface area contributed by atoms with E-state index < -0.39 is 0 Å². The highest BCUT2D eigenvalue weighted by molar-refractivity contribution is 5.39. The highest BCUT2D eigenvalue weighted by atomic mass is 15.1. The maximum absolute atomic E-state index is 4.23. The van der Waals surface area contributed by atoms with E-state index in [1.54, 1.807) is 0 Å². The molecular weight excluding hydrogens is 210 g/mol. The number of rotatable bonds is 4. The first kappa shape index (κ1) is 10.5. The van der Waals surface area contributed by atoms with Gasteiger partial charge in [-0.3, -0.25) is 0 Å². The van der Waals surface area contributed by atoms with Crippen LogP contribution in [0.1, 0.15) is 22.7 Å². The Morgan fingerprint density at radius 1 is 1.41 bits per heavy atom. The van der Waals surface area contributed by atoms with Crippen LogP contribution < -0.4 is 5.32 Å². The van der Waals surface area contributed by atoms with Crippen LogP contribution in [-0.4, -0.2) is 16.6 Å². The summed E-state index contributed by atoms with van der Waals surface area (Å²) in [6.07, 6.45) is 5.09. The van der Waals surface area contributed by atoms with Crippen molar-refractivity contribution in [3.63, 3.8) is 0 Å². The Labute approximate surface area is 101 Å².